The van der Waals surface area contributed by atoms with E-state index in [2.05, 4.69) is 57.0 Å². The van der Waals surface area contributed by atoms with Gasteiger partial charge in [0.25, 0.3) is 0 Å². The third-order valence-corrected chi connectivity index (χ3v) is 6.16. The van der Waals surface area contributed by atoms with Gasteiger partial charge in [-0.05, 0) is 71.7 Å². The summed E-state index contributed by atoms with van der Waals surface area (Å²) in [6, 6.07) is 16.6. The molecule has 0 N–H and O–H groups in total. The summed E-state index contributed by atoms with van der Waals surface area (Å²) in [6.45, 7) is 20.2. The third-order valence-electron chi connectivity index (χ3n) is 6.16. The van der Waals surface area contributed by atoms with Crippen LogP contribution < -0.4 is 4.74 Å². The Morgan fingerprint density at radius 3 is 2.18 bits per heavy atom. The lowest BCUT2D eigenvalue weighted by Gasteiger charge is -2.34. The van der Waals surface area contributed by atoms with E-state index in [1.807, 2.05) is 37.3 Å². The van der Waals surface area contributed by atoms with Crippen LogP contribution in [0.4, 0.5) is 0 Å². The number of rotatable bonds is 12. The second-order valence-corrected chi connectivity index (χ2v) is 9.55. The SMILES string of the molecule is C=C(C)C(=O)CC(C)N(CCC(c1ccccc1)c1cc(C)ccc1OC(=O)C(=C)C)C(C)C. The first-order valence-corrected chi connectivity index (χ1v) is 12.0. The number of ether oxygens (including phenoxy) is 1. The Bertz CT molecular complexity index is 1020. The van der Waals surface area contributed by atoms with Crippen LogP contribution in [0, 0.1) is 6.92 Å². The van der Waals surface area contributed by atoms with Gasteiger partial charge in [0.2, 0.25) is 0 Å². The van der Waals surface area contributed by atoms with E-state index in [1.165, 1.54) is 0 Å². The second-order valence-electron chi connectivity index (χ2n) is 9.55. The predicted octanol–water partition coefficient (Wildman–Crippen LogP) is 6.63. The summed E-state index contributed by atoms with van der Waals surface area (Å²) >= 11 is 0. The maximum Gasteiger partial charge on any atom is 0.338 e. The van der Waals surface area contributed by atoms with Gasteiger partial charge in [-0.3, -0.25) is 9.69 Å². The van der Waals surface area contributed by atoms with Gasteiger partial charge in [0.05, 0.1) is 0 Å². The minimum atomic E-state index is -0.423. The summed E-state index contributed by atoms with van der Waals surface area (Å²) in [7, 11) is 0. The lowest BCUT2D eigenvalue weighted by atomic mass is 9.86. The average molecular weight is 462 g/mol. The number of esters is 1. The fourth-order valence-corrected chi connectivity index (χ4v) is 4.23. The van der Waals surface area contributed by atoms with E-state index in [0.29, 0.717) is 23.3 Å². The standard InChI is InChI=1S/C30H39NO3/c1-20(2)28(32)19-24(8)31(22(5)6)17-16-26(25-12-10-9-11-13-25)27-18-23(7)14-15-29(27)34-30(33)21(3)4/h9-15,18,22,24,26H,1,3,16-17,19H2,2,4-8H3. The molecule has 0 aromatic heterocycles. The van der Waals surface area contributed by atoms with E-state index in [-0.39, 0.29) is 23.8 Å². The number of hydrogen-bond acceptors (Lipinski definition) is 4. The number of nitrogens with zero attached hydrogens (tertiary/aromatic N) is 1. The Morgan fingerprint density at radius 2 is 1.62 bits per heavy atom. The fraction of sp³-hybridized carbons (Fsp3) is 0.400. The van der Waals surface area contributed by atoms with Crippen LogP contribution in [0.3, 0.4) is 0 Å². The van der Waals surface area contributed by atoms with Gasteiger partial charge in [-0.25, -0.2) is 4.79 Å². The average Bonchev–Trinajstić information content (AvgIpc) is 2.78. The maximum atomic E-state index is 12.3. The topological polar surface area (TPSA) is 46.6 Å². The van der Waals surface area contributed by atoms with Crippen LogP contribution in [0.15, 0.2) is 72.8 Å². The molecule has 4 nitrogen and oxygen atoms in total. The van der Waals surface area contributed by atoms with Gasteiger partial charge in [0.15, 0.2) is 5.78 Å². The zero-order valence-corrected chi connectivity index (χ0v) is 21.6. The van der Waals surface area contributed by atoms with Gasteiger partial charge in [-0.2, -0.15) is 0 Å². The molecule has 0 aliphatic heterocycles. The lowest BCUT2D eigenvalue weighted by Crippen LogP contribution is -2.41. The molecule has 0 saturated carbocycles. The van der Waals surface area contributed by atoms with Gasteiger partial charge in [0.1, 0.15) is 5.75 Å². The van der Waals surface area contributed by atoms with Crippen LogP contribution in [0.1, 0.15) is 70.1 Å². The van der Waals surface area contributed by atoms with Gasteiger partial charge >= 0.3 is 5.97 Å². The smallest absolute Gasteiger partial charge is 0.338 e. The Kier molecular flexibility index (Phi) is 10.0. The van der Waals surface area contributed by atoms with Gasteiger partial charge in [-0.15, -0.1) is 0 Å². The molecule has 0 aliphatic carbocycles. The van der Waals surface area contributed by atoms with Crippen molar-refractivity contribution in [3.8, 4) is 5.75 Å². The van der Waals surface area contributed by atoms with Crippen LogP contribution in [0.2, 0.25) is 0 Å². The van der Waals surface area contributed by atoms with Crippen molar-refractivity contribution in [2.45, 2.75) is 72.4 Å². The van der Waals surface area contributed by atoms with Gasteiger partial charge in [-0.1, -0.05) is 61.2 Å². The van der Waals surface area contributed by atoms with Crippen LogP contribution >= 0.6 is 0 Å². The first kappa shape index (κ1) is 27.3. The van der Waals surface area contributed by atoms with E-state index in [9.17, 15) is 9.59 Å². The quantitative estimate of drug-likeness (QED) is 0.202. The highest BCUT2D eigenvalue weighted by atomic mass is 16.5. The predicted molar refractivity (Wildman–Crippen MR) is 140 cm³/mol. The number of ketones is 1. The summed E-state index contributed by atoms with van der Waals surface area (Å²) < 4.78 is 5.74. The van der Waals surface area contributed by atoms with Crippen LogP contribution in [0.5, 0.6) is 5.75 Å². The molecule has 2 aromatic carbocycles. The molecule has 0 saturated heterocycles. The molecular weight excluding hydrogens is 422 g/mol. The van der Waals surface area contributed by atoms with E-state index in [4.69, 9.17) is 4.74 Å². The molecule has 34 heavy (non-hydrogen) atoms. The molecular formula is C30H39NO3. The lowest BCUT2D eigenvalue weighted by molar-refractivity contribution is -0.130. The normalized spacial score (nSPS) is 12.9. The Hall–Kier alpha value is -2.98. The Labute approximate surface area is 205 Å². The van der Waals surface area contributed by atoms with Crippen molar-refractivity contribution >= 4 is 11.8 Å². The van der Waals surface area contributed by atoms with Crippen LogP contribution in [-0.4, -0.2) is 35.3 Å². The second kappa shape index (κ2) is 12.5. The third kappa shape index (κ3) is 7.53. The highest BCUT2D eigenvalue weighted by Gasteiger charge is 2.25. The van der Waals surface area contributed by atoms with Crippen molar-refractivity contribution in [2.24, 2.45) is 0 Å². The van der Waals surface area contributed by atoms with Crippen molar-refractivity contribution in [3.05, 3.63) is 89.5 Å². The van der Waals surface area contributed by atoms with Crippen molar-refractivity contribution in [2.75, 3.05) is 6.54 Å². The number of aryl methyl sites for hydroxylation is 1. The molecule has 0 aliphatic rings. The summed E-state index contributed by atoms with van der Waals surface area (Å²) in [5, 5.41) is 0. The molecule has 0 amide bonds. The minimum absolute atomic E-state index is 0.0271. The molecule has 0 spiro atoms. The first-order chi connectivity index (χ1) is 16.0. The Morgan fingerprint density at radius 1 is 0.971 bits per heavy atom. The summed E-state index contributed by atoms with van der Waals surface area (Å²) in [5.41, 5.74) is 4.21. The van der Waals surface area contributed by atoms with Gasteiger partial charge < -0.3 is 4.74 Å². The molecule has 2 atom stereocenters. The minimum Gasteiger partial charge on any atom is -0.423 e. The highest BCUT2D eigenvalue weighted by Crippen LogP contribution is 2.36. The number of carbonyl (C=O) groups excluding carboxylic acids is 2. The monoisotopic (exact) mass is 461 g/mol. The molecule has 182 valence electrons. The molecule has 2 aromatic rings. The van der Waals surface area contributed by atoms with E-state index in [1.54, 1.807) is 13.8 Å². The molecule has 0 fully saturated rings. The van der Waals surface area contributed by atoms with E-state index in [0.717, 1.165) is 29.7 Å². The summed E-state index contributed by atoms with van der Waals surface area (Å²) in [5.74, 6) is 0.270. The molecule has 2 unspecified atom stereocenters. The number of Topliss-reactive ketones (excluding diaryl/α,β-unsaturated/α-hetero) is 1. The van der Waals surface area contributed by atoms with Crippen molar-refractivity contribution < 1.29 is 14.3 Å². The van der Waals surface area contributed by atoms with Crippen LogP contribution in [-0.2, 0) is 9.59 Å². The van der Waals surface area contributed by atoms with Crippen molar-refractivity contribution in [1.82, 2.24) is 4.90 Å². The summed E-state index contributed by atoms with van der Waals surface area (Å²) in [4.78, 5) is 27.0. The number of carbonyl (C=O) groups is 2. The molecule has 0 bridgehead atoms. The van der Waals surface area contributed by atoms with Crippen molar-refractivity contribution in [1.29, 1.82) is 0 Å². The van der Waals surface area contributed by atoms with Crippen molar-refractivity contribution in [3.63, 3.8) is 0 Å². The Balaban J connectivity index is 2.41. The van der Waals surface area contributed by atoms with E-state index >= 15 is 0 Å². The fourth-order valence-electron chi connectivity index (χ4n) is 4.23. The molecule has 4 heteroatoms. The molecule has 0 radical (unpaired) electrons. The largest absolute Gasteiger partial charge is 0.423 e. The van der Waals surface area contributed by atoms with Gasteiger partial charge in [0, 0.05) is 35.6 Å². The maximum absolute atomic E-state index is 12.3. The first-order valence-electron chi connectivity index (χ1n) is 12.0. The summed E-state index contributed by atoms with van der Waals surface area (Å²) in [6.07, 6.45) is 1.27. The number of benzene rings is 2. The van der Waals surface area contributed by atoms with E-state index < -0.39 is 5.97 Å². The zero-order valence-electron chi connectivity index (χ0n) is 21.6. The van der Waals surface area contributed by atoms with Crippen LogP contribution in [0.25, 0.3) is 0 Å². The highest BCUT2D eigenvalue weighted by molar-refractivity contribution is 5.94. The number of allylic oxidation sites excluding steroid dienone is 1. The molecule has 0 heterocycles. The zero-order chi connectivity index (χ0) is 25.4. The molecule has 2 rings (SSSR count). The number of hydrogen-bond donors (Lipinski definition) is 0.